The fourth-order valence-electron chi connectivity index (χ4n) is 6.17. The smallest absolute Gasteiger partial charge is 0.423 e. The summed E-state index contributed by atoms with van der Waals surface area (Å²) in [4.78, 5) is 13.1. The maximum Gasteiger partial charge on any atom is 1.00 e. The maximum absolute atomic E-state index is 13.7. The number of fused-ring (bicyclic) bond motifs is 3. The van der Waals surface area contributed by atoms with Gasteiger partial charge in [0.05, 0.1) is 11.7 Å². The van der Waals surface area contributed by atoms with Gasteiger partial charge in [-0.05, 0) is 105 Å². The molecule has 3 aliphatic carbocycles. The van der Waals surface area contributed by atoms with Gasteiger partial charge in [0.25, 0.3) is 10.2 Å². The van der Waals surface area contributed by atoms with Gasteiger partial charge in [-0.1, -0.05) is 11.2 Å². The van der Waals surface area contributed by atoms with Gasteiger partial charge in [0.1, 0.15) is 0 Å². The van der Waals surface area contributed by atoms with Crippen LogP contribution in [0.15, 0.2) is 10.6 Å². The number of rotatable bonds is 5. The van der Waals surface area contributed by atoms with Gasteiger partial charge >= 0.3 is 29.6 Å². The molecule has 1 aliphatic heterocycles. The fourth-order valence-corrected chi connectivity index (χ4v) is 7.46. The van der Waals surface area contributed by atoms with E-state index in [2.05, 4.69) is 21.3 Å². The molecule has 1 fully saturated rings. The second-order valence-electron chi connectivity index (χ2n) is 9.99. The van der Waals surface area contributed by atoms with Crippen molar-refractivity contribution < 1.29 is 52.0 Å². The summed E-state index contributed by atoms with van der Waals surface area (Å²) in [6.07, 6.45) is 10.3. The number of amides is 2. The number of benzene rings is 1. The Bertz CT molecular complexity index is 1220. The summed E-state index contributed by atoms with van der Waals surface area (Å²) < 4.78 is 43.3. The van der Waals surface area contributed by atoms with E-state index in [1.54, 1.807) is 0 Å². The molecule has 1 aromatic heterocycles. The molecule has 9 nitrogen and oxygen atoms in total. The van der Waals surface area contributed by atoms with Crippen LogP contribution in [0.1, 0.15) is 72.0 Å². The molecule has 0 saturated carbocycles. The molecule has 11 heteroatoms. The van der Waals surface area contributed by atoms with Crippen LogP contribution < -0.4 is 39.2 Å². The number of carbonyl (C=O) groups is 1. The van der Waals surface area contributed by atoms with E-state index in [1.165, 1.54) is 15.4 Å². The van der Waals surface area contributed by atoms with Crippen LogP contribution in [0.2, 0.25) is 0 Å². The summed E-state index contributed by atoms with van der Waals surface area (Å²) in [5, 5.41) is 7.04. The van der Waals surface area contributed by atoms with Gasteiger partial charge in [-0.15, -0.1) is 0 Å². The Kier molecular flexibility index (Phi) is 7.70. The Labute approximate surface area is 234 Å². The molecule has 1 N–H and O–H groups in total. The molecule has 2 aromatic rings. The van der Waals surface area contributed by atoms with E-state index in [-0.39, 0.29) is 35.4 Å². The molecule has 0 atom stereocenters. The number of hydrogen-bond acceptors (Lipinski definition) is 6. The summed E-state index contributed by atoms with van der Waals surface area (Å²) >= 11 is 0. The SMILES string of the molecule is O=C([N-]S(=O)(=O)N(c1onc2c1CCCC2)C1CCOCC1)Nc1c2c(cc3c1CCC3)CCC2.[Na+]. The van der Waals surface area contributed by atoms with E-state index in [0.717, 1.165) is 85.9 Å². The van der Waals surface area contributed by atoms with Gasteiger partial charge in [-0.3, -0.25) is 4.79 Å². The zero-order chi connectivity index (χ0) is 24.0. The van der Waals surface area contributed by atoms with E-state index >= 15 is 0 Å². The molecule has 6 rings (SSSR count). The summed E-state index contributed by atoms with van der Waals surface area (Å²) in [6, 6.07) is 1.02. The Morgan fingerprint density at radius 3 is 2.28 bits per heavy atom. The first kappa shape index (κ1) is 26.0. The molecule has 2 amide bonds. The van der Waals surface area contributed by atoms with Crippen molar-refractivity contribution in [2.75, 3.05) is 22.8 Å². The second kappa shape index (κ2) is 10.6. The molecule has 2 heterocycles. The number of aromatic nitrogens is 1. The number of nitrogens with zero attached hydrogens (tertiary/aromatic N) is 3. The molecule has 188 valence electrons. The van der Waals surface area contributed by atoms with Crippen LogP contribution in [0.3, 0.4) is 0 Å². The van der Waals surface area contributed by atoms with Gasteiger partial charge in [0, 0.05) is 18.8 Å². The third-order valence-corrected chi connectivity index (χ3v) is 9.17. The molecule has 0 bridgehead atoms. The van der Waals surface area contributed by atoms with Gasteiger partial charge in [-0.2, -0.15) is 0 Å². The number of aryl methyl sites for hydroxylation is 3. The quantitative estimate of drug-likeness (QED) is 0.593. The summed E-state index contributed by atoms with van der Waals surface area (Å²) in [7, 11) is -4.37. The standard InChI is InChI=1S/C25H32N4O5S.Na/c30-25(26-23-19-8-3-5-16(19)15-17-6-4-9-20(17)23)28-35(31,32)29(18-11-13-33-14-12-18)24-21-7-1-2-10-22(21)27-34-24;/h15,18H,1-14H2,(H2,26,28,30);/q;+1/p-1. The number of ether oxygens (including phenoxy) is 1. The fraction of sp³-hybridized carbons (Fsp3) is 0.600. The van der Waals surface area contributed by atoms with Crippen LogP contribution in [0.25, 0.3) is 4.72 Å². The van der Waals surface area contributed by atoms with Crippen LogP contribution in [0.5, 0.6) is 0 Å². The Morgan fingerprint density at radius 1 is 0.944 bits per heavy atom. The zero-order valence-electron chi connectivity index (χ0n) is 20.8. The largest absolute Gasteiger partial charge is 1.00 e. The minimum atomic E-state index is -4.37. The Balaban J connectivity index is 0.00000267. The van der Waals surface area contributed by atoms with Crippen molar-refractivity contribution in [3.05, 3.63) is 44.3 Å². The van der Waals surface area contributed by atoms with Crippen molar-refractivity contribution in [3.8, 4) is 0 Å². The van der Waals surface area contributed by atoms with Crippen LogP contribution in [0.4, 0.5) is 16.4 Å². The molecular weight excluding hydrogens is 491 g/mol. The van der Waals surface area contributed by atoms with Gasteiger partial charge in [0.2, 0.25) is 5.88 Å². The first-order valence-electron chi connectivity index (χ1n) is 12.8. The minimum Gasteiger partial charge on any atom is -0.423 e. The molecule has 0 unspecified atom stereocenters. The summed E-state index contributed by atoms with van der Waals surface area (Å²) in [6.45, 7) is 0.892. The van der Waals surface area contributed by atoms with E-state index in [4.69, 9.17) is 9.26 Å². The zero-order valence-corrected chi connectivity index (χ0v) is 23.7. The second-order valence-corrected chi connectivity index (χ2v) is 11.5. The third kappa shape index (κ3) is 4.82. The number of nitrogens with one attached hydrogen (secondary N) is 1. The monoisotopic (exact) mass is 522 g/mol. The van der Waals surface area contributed by atoms with E-state index in [0.29, 0.717) is 32.5 Å². The Hall–Kier alpha value is -1.59. The summed E-state index contributed by atoms with van der Waals surface area (Å²) in [5.74, 6) is 0.213. The number of anilines is 2. The van der Waals surface area contributed by atoms with E-state index in [9.17, 15) is 13.2 Å². The number of urea groups is 1. The molecule has 1 saturated heterocycles. The number of carbonyl (C=O) groups excluding carboxylic acids is 1. The van der Waals surface area contributed by atoms with Crippen LogP contribution in [-0.2, 0) is 53.5 Å². The van der Waals surface area contributed by atoms with Gasteiger partial charge in [-0.25, -0.2) is 12.7 Å². The van der Waals surface area contributed by atoms with Crippen molar-refractivity contribution >= 4 is 27.8 Å². The third-order valence-electron chi connectivity index (χ3n) is 7.81. The normalized spacial score (nSPS) is 19.1. The van der Waals surface area contributed by atoms with Crippen molar-refractivity contribution in [2.24, 2.45) is 0 Å². The average Bonchev–Trinajstić information content (AvgIpc) is 3.59. The summed E-state index contributed by atoms with van der Waals surface area (Å²) in [5.41, 5.74) is 7.21. The molecule has 4 aliphatic rings. The van der Waals surface area contributed by atoms with Crippen molar-refractivity contribution in [1.29, 1.82) is 0 Å². The van der Waals surface area contributed by atoms with Crippen molar-refractivity contribution in [3.63, 3.8) is 0 Å². The van der Waals surface area contributed by atoms with Gasteiger partial charge < -0.3 is 19.3 Å². The predicted octanol–water partition coefficient (Wildman–Crippen LogP) is 1.37. The van der Waals surface area contributed by atoms with Gasteiger partial charge in [0.15, 0.2) is 6.03 Å². The van der Waals surface area contributed by atoms with E-state index < -0.39 is 22.3 Å². The molecule has 0 radical (unpaired) electrons. The first-order valence-corrected chi connectivity index (χ1v) is 14.2. The average molecular weight is 523 g/mol. The van der Waals surface area contributed by atoms with E-state index in [1.807, 2.05) is 0 Å². The van der Waals surface area contributed by atoms with Crippen LogP contribution >= 0.6 is 0 Å². The molecule has 36 heavy (non-hydrogen) atoms. The van der Waals surface area contributed by atoms with Crippen molar-refractivity contribution in [2.45, 2.75) is 83.1 Å². The van der Waals surface area contributed by atoms with Crippen LogP contribution in [0, 0.1) is 0 Å². The molecule has 0 spiro atoms. The number of hydrogen-bond donors (Lipinski definition) is 1. The van der Waals surface area contributed by atoms with Crippen molar-refractivity contribution in [1.82, 2.24) is 5.16 Å². The Morgan fingerprint density at radius 2 is 1.58 bits per heavy atom. The molecule has 1 aromatic carbocycles. The predicted molar refractivity (Wildman–Crippen MR) is 131 cm³/mol. The minimum absolute atomic E-state index is 0. The van der Waals surface area contributed by atoms with Crippen LogP contribution in [-0.4, -0.2) is 38.9 Å². The first-order chi connectivity index (χ1) is 17.0. The molecular formula is C25H31N4NaO5S. The topological polar surface area (TPSA) is 116 Å². The maximum atomic E-state index is 13.7.